The maximum Gasteiger partial charge on any atom is 0.431 e. The first-order valence-electron chi connectivity index (χ1n) is 11.5. The lowest BCUT2D eigenvalue weighted by molar-refractivity contribution is -0.143. The maximum absolute atomic E-state index is 14.5. The lowest BCUT2D eigenvalue weighted by Crippen LogP contribution is -2.41. The molecule has 1 amide bonds. The number of halogens is 4. The first-order valence-corrected chi connectivity index (χ1v) is 11.9. The number of carbonyl (C=O) groups is 2. The number of nitrogens with zero attached hydrogens (tertiary/aromatic N) is 2. The first-order chi connectivity index (χ1) is 17.1. The number of hydrogen-bond donors (Lipinski definition) is 0. The van der Waals surface area contributed by atoms with E-state index < -0.39 is 23.3 Å². The summed E-state index contributed by atoms with van der Waals surface area (Å²) in [7, 11) is 1.60. The van der Waals surface area contributed by atoms with Crippen LogP contribution in [-0.4, -0.2) is 41.0 Å². The standard InChI is InChI=1S/C27H26ClF3N2O3/c1-18-22(20-8-10-21(28)11-9-20)23(25(35)32(2)26(12-13-26)14-15-36-17-34)33(24(18)27(29,30)31)16-19-6-4-3-5-7-19/h3-11,17H,12-16H2,1-2H3. The summed E-state index contributed by atoms with van der Waals surface area (Å²) < 4.78 is 49.4. The van der Waals surface area contributed by atoms with E-state index in [0.29, 0.717) is 41.9 Å². The van der Waals surface area contributed by atoms with E-state index in [1.807, 2.05) is 0 Å². The highest BCUT2D eigenvalue weighted by atomic mass is 35.5. The van der Waals surface area contributed by atoms with Crippen molar-refractivity contribution in [2.75, 3.05) is 13.7 Å². The molecule has 0 bridgehead atoms. The molecule has 1 aliphatic carbocycles. The van der Waals surface area contributed by atoms with Crippen LogP contribution < -0.4 is 0 Å². The normalized spacial score (nSPS) is 14.4. The summed E-state index contributed by atoms with van der Waals surface area (Å²) >= 11 is 6.04. The third-order valence-electron chi connectivity index (χ3n) is 6.89. The van der Waals surface area contributed by atoms with E-state index in [-0.39, 0.29) is 30.0 Å². The second kappa shape index (κ2) is 10.0. The average molecular weight is 519 g/mol. The molecule has 3 aromatic rings. The number of aromatic nitrogens is 1. The minimum absolute atomic E-state index is 0.0216. The molecule has 1 aromatic heterocycles. The lowest BCUT2D eigenvalue weighted by Gasteiger charge is -2.29. The quantitative estimate of drug-likeness (QED) is 0.245. The SMILES string of the molecule is Cc1c(-c2ccc(Cl)cc2)c(C(=O)N(C)C2(CCOC=O)CC2)n(Cc2ccccc2)c1C(F)(F)F. The van der Waals surface area contributed by atoms with Gasteiger partial charge in [0.1, 0.15) is 11.4 Å². The van der Waals surface area contributed by atoms with E-state index in [0.717, 1.165) is 4.57 Å². The van der Waals surface area contributed by atoms with Gasteiger partial charge in [0, 0.05) is 36.1 Å². The summed E-state index contributed by atoms with van der Waals surface area (Å²) in [4.78, 5) is 26.1. The number of amides is 1. The van der Waals surface area contributed by atoms with Gasteiger partial charge in [-0.25, -0.2) is 0 Å². The summed E-state index contributed by atoms with van der Waals surface area (Å²) in [5.41, 5.74) is -0.138. The van der Waals surface area contributed by atoms with Crippen LogP contribution in [0.15, 0.2) is 54.6 Å². The summed E-state index contributed by atoms with van der Waals surface area (Å²) in [6, 6.07) is 15.2. The van der Waals surface area contributed by atoms with Crippen molar-refractivity contribution in [3.63, 3.8) is 0 Å². The van der Waals surface area contributed by atoms with E-state index in [9.17, 15) is 22.8 Å². The minimum Gasteiger partial charge on any atom is -0.468 e. The molecule has 0 radical (unpaired) electrons. The lowest BCUT2D eigenvalue weighted by atomic mass is 9.99. The van der Waals surface area contributed by atoms with Crippen molar-refractivity contribution >= 4 is 24.0 Å². The van der Waals surface area contributed by atoms with Crippen LogP contribution in [-0.2, 0) is 22.3 Å². The fourth-order valence-corrected chi connectivity index (χ4v) is 4.92. The summed E-state index contributed by atoms with van der Waals surface area (Å²) in [6.07, 6.45) is -2.92. The number of benzene rings is 2. The van der Waals surface area contributed by atoms with Gasteiger partial charge in [-0.3, -0.25) is 9.59 Å². The van der Waals surface area contributed by atoms with Gasteiger partial charge in [0.2, 0.25) is 0 Å². The molecule has 1 aliphatic rings. The molecule has 9 heteroatoms. The van der Waals surface area contributed by atoms with Crippen LogP contribution in [0, 0.1) is 6.92 Å². The fourth-order valence-electron chi connectivity index (χ4n) is 4.80. The highest BCUT2D eigenvalue weighted by Crippen LogP contribution is 2.47. The Morgan fingerprint density at radius 1 is 1.14 bits per heavy atom. The highest BCUT2D eigenvalue weighted by molar-refractivity contribution is 6.30. The van der Waals surface area contributed by atoms with Crippen molar-refractivity contribution in [2.45, 2.75) is 44.4 Å². The van der Waals surface area contributed by atoms with Crippen LogP contribution in [0.3, 0.4) is 0 Å². The van der Waals surface area contributed by atoms with Gasteiger partial charge < -0.3 is 14.2 Å². The molecule has 0 unspecified atom stereocenters. The van der Waals surface area contributed by atoms with Gasteiger partial charge in [0.25, 0.3) is 12.4 Å². The number of ether oxygens (including phenoxy) is 1. The maximum atomic E-state index is 14.5. The molecule has 0 saturated heterocycles. The number of alkyl halides is 3. The van der Waals surface area contributed by atoms with Gasteiger partial charge in [-0.05, 0) is 48.6 Å². The zero-order chi connectivity index (χ0) is 26.1. The predicted molar refractivity (Wildman–Crippen MR) is 131 cm³/mol. The highest BCUT2D eigenvalue weighted by Gasteiger charge is 2.50. The van der Waals surface area contributed by atoms with Crippen molar-refractivity contribution in [1.29, 1.82) is 0 Å². The first kappa shape index (κ1) is 25.8. The fraction of sp³-hybridized carbons (Fsp3) is 0.333. The van der Waals surface area contributed by atoms with Gasteiger partial charge in [-0.15, -0.1) is 0 Å². The van der Waals surface area contributed by atoms with E-state index in [1.54, 1.807) is 61.6 Å². The predicted octanol–water partition coefficient (Wildman–Crippen LogP) is 6.35. The molecule has 1 saturated carbocycles. The average Bonchev–Trinajstić information content (AvgIpc) is 3.57. The molecule has 0 spiro atoms. The van der Waals surface area contributed by atoms with E-state index in [4.69, 9.17) is 16.3 Å². The van der Waals surface area contributed by atoms with Gasteiger partial charge in [0.05, 0.1) is 6.61 Å². The molecule has 5 nitrogen and oxygen atoms in total. The van der Waals surface area contributed by atoms with Crippen LogP contribution in [0.25, 0.3) is 11.1 Å². The van der Waals surface area contributed by atoms with Gasteiger partial charge in [-0.1, -0.05) is 54.1 Å². The van der Waals surface area contributed by atoms with Crippen molar-refractivity contribution < 1.29 is 27.5 Å². The molecule has 1 heterocycles. The monoisotopic (exact) mass is 518 g/mol. The number of carbonyl (C=O) groups excluding carboxylic acids is 2. The second-order valence-corrected chi connectivity index (χ2v) is 9.52. The Balaban J connectivity index is 1.91. The van der Waals surface area contributed by atoms with Crippen LogP contribution in [0.2, 0.25) is 5.02 Å². The topological polar surface area (TPSA) is 51.5 Å². The third kappa shape index (κ3) is 5.00. The molecule has 2 aromatic carbocycles. The Bertz CT molecular complexity index is 1250. The molecular weight excluding hydrogens is 493 g/mol. The number of rotatable bonds is 9. The molecular formula is C27H26ClF3N2O3. The van der Waals surface area contributed by atoms with Gasteiger partial charge in [-0.2, -0.15) is 13.2 Å². The zero-order valence-corrected chi connectivity index (χ0v) is 20.7. The van der Waals surface area contributed by atoms with Crippen molar-refractivity contribution in [3.05, 3.63) is 82.1 Å². The summed E-state index contributed by atoms with van der Waals surface area (Å²) in [6.45, 7) is 1.75. The van der Waals surface area contributed by atoms with Gasteiger partial charge >= 0.3 is 6.18 Å². The van der Waals surface area contributed by atoms with E-state index >= 15 is 0 Å². The summed E-state index contributed by atoms with van der Waals surface area (Å²) in [5, 5.41) is 0.438. The smallest absolute Gasteiger partial charge is 0.431 e. The van der Waals surface area contributed by atoms with Crippen molar-refractivity contribution in [2.24, 2.45) is 0 Å². The molecule has 1 fully saturated rings. The largest absolute Gasteiger partial charge is 0.468 e. The van der Waals surface area contributed by atoms with E-state index in [1.165, 1.54) is 11.8 Å². The molecule has 190 valence electrons. The van der Waals surface area contributed by atoms with Crippen LogP contribution >= 0.6 is 11.6 Å². The zero-order valence-electron chi connectivity index (χ0n) is 19.9. The number of hydrogen-bond acceptors (Lipinski definition) is 3. The Morgan fingerprint density at radius 2 is 1.78 bits per heavy atom. The Kier molecular flexibility index (Phi) is 7.18. The minimum atomic E-state index is -4.69. The van der Waals surface area contributed by atoms with Gasteiger partial charge in [0.15, 0.2) is 0 Å². The molecule has 0 N–H and O–H groups in total. The molecule has 0 aliphatic heterocycles. The van der Waals surface area contributed by atoms with E-state index in [2.05, 4.69) is 0 Å². The Hall–Kier alpha value is -3.26. The van der Waals surface area contributed by atoms with Crippen molar-refractivity contribution in [3.8, 4) is 11.1 Å². The second-order valence-electron chi connectivity index (χ2n) is 9.08. The Morgan fingerprint density at radius 3 is 2.33 bits per heavy atom. The Labute approximate surface area is 212 Å². The van der Waals surface area contributed by atoms with Crippen molar-refractivity contribution in [1.82, 2.24) is 9.47 Å². The summed E-state index contributed by atoms with van der Waals surface area (Å²) in [5.74, 6) is -0.516. The molecule has 0 atom stereocenters. The molecule has 36 heavy (non-hydrogen) atoms. The van der Waals surface area contributed by atoms with Crippen LogP contribution in [0.5, 0.6) is 0 Å². The van der Waals surface area contributed by atoms with Crippen LogP contribution in [0.4, 0.5) is 13.2 Å². The third-order valence-corrected chi connectivity index (χ3v) is 7.14. The van der Waals surface area contributed by atoms with Crippen LogP contribution in [0.1, 0.15) is 46.6 Å². The molecule has 4 rings (SSSR count).